The molecular formula is C12H16N4. The summed E-state index contributed by atoms with van der Waals surface area (Å²) in [6, 6.07) is -0.0165. The van der Waals surface area contributed by atoms with E-state index >= 15 is 0 Å². The molecule has 1 unspecified atom stereocenters. The van der Waals surface area contributed by atoms with E-state index in [4.69, 9.17) is 0 Å². The molecule has 0 radical (unpaired) electrons. The van der Waals surface area contributed by atoms with Crippen LogP contribution >= 0.6 is 0 Å². The van der Waals surface area contributed by atoms with Crippen molar-refractivity contribution < 1.29 is 0 Å². The smallest absolute Gasteiger partial charge is 0.157 e. The van der Waals surface area contributed by atoms with Gasteiger partial charge in [0.05, 0.1) is 6.34 Å². The third-order valence-electron chi connectivity index (χ3n) is 2.70. The molecule has 0 aliphatic carbocycles. The molecule has 0 saturated heterocycles. The maximum absolute atomic E-state index is 4.38. The second kappa shape index (κ2) is 4.88. The van der Waals surface area contributed by atoms with Crippen molar-refractivity contribution in [1.29, 1.82) is 0 Å². The third kappa shape index (κ3) is 2.10. The molecule has 84 valence electrons. The quantitative estimate of drug-likeness (QED) is 0.840. The molecule has 4 heteroatoms. The van der Waals surface area contributed by atoms with Crippen molar-refractivity contribution in [2.24, 2.45) is 4.99 Å². The minimum Gasteiger partial charge on any atom is -0.353 e. The van der Waals surface area contributed by atoms with Crippen molar-refractivity contribution in [3.63, 3.8) is 0 Å². The molecule has 4 nitrogen and oxygen atoms in total. The molecule has 0 fully saturated rings. The molecule has 16 heavy (non-hydrogen) atoms. The van der Waals surface area contributed by atoms with Gasteiger partial charge in [0, 0.05) is 18.6 Å². The van der Waals surface area contributed by atoms with E-state index in [0.29, 0.717) is 0 Å². The predicted octanol–water partition coefficient (Wildman–Crippen LogP) is 2.01. The number of nitrogens with one attached hydrogen (secondary N) is 1. The van der Waals surface area contributed by atoms with Gasteiger partial charge >= 0.3 is 0 Å². The standard InChI is InChI=1S/C12H16N4/c1-3-9-5-14-12(15-6-9)11-10(4-2)7-13-8-16-11/h5-8,11H,3-4H2,1-2H3,(H,13,16). The van der Waals surface area contributed by atoms with Crippen molar-refractivity contribution in [2.75, 3.05) is 0 Å². The first kappa shape index (κ1) is 10.8. The first-order valence-corrected chi connectivity index (χ1v) is 5.62. The van der Waals surface area contributed by atoms with E-state index in [0.717, 1.165) is 24.2 Å². The molecule has 1 aliphatic rings. The normalized spacial score (nSPS) is 19.1. The first-order chi connectivity index (χ1) is 7.85. The second-order valence-corrected chi connectivity index (χ2v) is 3.72. The van der Waals surface area contributed by atoms with Gasteiger partial charge in [0.1, 0.15) is 6.04 Å². The largest absolute Gasteiger partial charge is 0.353 e. The van der Waals surface area contributed by atoms with Crippen LogP contribution in [-0.4, -0.2) is 16.3 Å². The highest BCUT2D eigenvalue weighted by Crippen LogP contribution is 2.25. The lowest BCUT2D eigenvalue weighted by atomic mass is 10.0. The zero-order valence-corrected chi connectivity index (χ0v) is 9.64. The van der Waals surface area contributed by atoms with E-state index in [1.807, 2.05) is 18.6 Å². The van der Waals surface area contributed by atoms with Crippen molar-refractivity contribution >= 4 is 6.34 Å². The number of hydrogen-bond acceptors (Lipinski definition) is 4. The summed E-state index contributed by atoms with van der Waals surface area (Å²) in [6.45, 7) is 4.21. The lowest BCUT2D eigenvalue weighted by Crippen LogP contribution is -2.16. The number of hydrogen-bond donors (Lipinski definition) is 1. The Bertz CT molecular complexity index is 406. The SMILES string of the molecule is CCC1=CNC=NC1c1ncc(CC)cn1. The van der Waals surface area contributed by atoms with Crippen molar-refractivity contribution in [3.05, 3.63) is 35.6 Å². The fraction of sp³-hybridized carbons (Fsp3) is 0.417. The van der Waals surface area contributed by atoms with Gasteiger partial charge in [-0.15, -0.1) is 0 Å². The molecule has 0 bridgehead atoms. The summed E-state index contributed by atoms with van der Waals surface area (Å²) in [6.07, 6.45) is 9.36. The van der Waals surface area contributed by atoms with E-state index < -0.39 is 0 Å². The van der Waals surface area contributed by atoms with Crippen LogP contribution in [0.25, 0.3) is 0 Å². The topological polar surface area (TPSA) is 50.2 Å². The zero-order valence-electron chi connectivity index (χ0n) is 9.64. The zero-order chi connectivity index (χ0) is 11.4. The van der Waals surface area contributed by atoms with Gasteiger partial charge in [-0.1, -0.05) is 13.8 Å². The maximum Gasteiger partial charge on any atom is 0.157 e. The number of aryl methyl sites for hydroxylation is 1. The fourth-order valence-electron chi connectivity index (χ4n) is 1.65. The Hall–Kier alpha value is -1.71. The average molecular weight is 216 g/mol. The molecule has 1 aromatic heterocycles. The molecule has 2 rings (SSSR count). The predicted molar refractivity (Wildman–Crippen MR) is 64.2 cm³/mol. The Morgan fingerprint density at radius 2 is 1.94 bits per heavy atom. The van der Waals surface area contributed by atoms with Gasteiger partial charge in [0.15, 0.2) is 5.82 Å². The van der Waals surface area contributed by atoms with Crippen LogP contribution in [0.5, 0.6) is 0 Å². The average Bonchev–Trinajstić information content (AvgIpc) is 2.39. The molecule has 0 saturated carbocycles. The third-order valence-corrected chi connectivity index (χ3v) is 2.70. The number of nitrogens with zero attached hydrogens (tertiary/aromatic N) is 3. The van der Waals surface area contributed by atoms with E-state index in [1.165, 1.54) is 5.57 Å². The highest BCUT2D eigenvalue weighted by molar-refractivity contribution is 5.59. The van der Waals surface area contributed by atoms with E-state index in [9.17, 15) is 0 Å². The number of aromatic nitrogens is 2. The minimum atomic E-state index is -0.0165. The van der Waals surface area contributed by atoms with Gasteiger partial charge in [0.2, 0.25) is 0 Å². The van der Waals surface area contributed by atoms with Crippen LogP contribution in [0.2, 0.25) is 0 Å². The summed E-state index contributed by atoms with van der Waals surface area (Å²) >= 11 is 0. The Balaban J connectivity index is 2.25. The van der Waals surface area contributed by atoms with Crippen LogP contribution in [0.3, 0.4) is 0 Å². The van der Waals surface area contributed by atoms with Crippen molar-refractivity contribution in [1.82, 2.24) is 15.3 Å². The van der Waals surface area contributed by atoms with Gasteiger partial charge in [-0.05, 0) is 24.0 Å². The molecule has 0 aromatic carbocycles. The lowest BCUT2D eigenvalue weighted by molar-refractivity contribution is 0.717. The summed E-state index contributed by atoms with van der Waals surface area (Å²) < 4.78 is 0. The Kier molecular flexibility index (Phi) is 3.29. The molecule has 0 amide bonds. The van der Waals surface area contributed by atoms with Crippen LogP contribution < -0.4 is 5.32 Å². The number of aliphatic imine (C=N–C) groups is 1. The number of rotatable bonds is 3. The first-order valence-electron chi connectivity index (χ1n) is 5.62. The molecule has 2 heterocycles. The minimum absolute atomic E-state index is 0.0165. The lowest BCUT2D eigenvalue weighted by Gasteiger charge is -2.17. The van der Waals surface area contributed by atoms with Crippen molar-refractivity contribution in [3.8, 4) is 0 Å². The molecule has 1 N–H and O–H groups in total. The van der Waals surface area contributed by atoms with Crippen LogP contribution in [-0.2, 0) is 6.42 Å². The Morgan fingerprint density at radius 3 is 2.56 bits per heavy atom. The highest BCUT2D eigenvalue weighted by Gasteiger charge is 2.18. The summed E-state index contributed by atoms with van der Waals surface area (Å²) in [4.78, 5) is 13.1. The fourth-order valence-corrected chi connectivity index (χ4v) is 1.65. The van der Waals surface area contributed by atoms with Crippen LogP contribution in [0.15, 0.2) is 29.2 Å². The van der Waals surface area contributed by atoms with Gasteiger partial charge in [-0.25, -0.2) is 9.97 Å². The van der Waals surface area contributed by atoms with Crippen molar-refractivity contribution in [2.45, 2.75) is 32.7 Å². The molecule has 0 spiro atoms. The van der Waals surface area contributed by atoms with Gasteiger partial charge in [-0.2, -0.15) is 0 Å². The van der Waals surface area contributed by atoms with Gasteiger partial charge in [-0.3, -0.25) is 4.99 Å². The molecule has 1 atom stereocenters. The monoisotopic (exact) mass is 216 g/mol. The van der Waals surface area contributed by atoms with E-state index in [2.05, 4.69) is 34.1 Å². The van der Waals surface area contributed by atoms with E-state index in [-0.39, 0.29) is 6.04 Å². The summed E-state index contributed by atoms with van der Waals surface area (Å²) in [5, 5.41) is 3.00. The van der Waals surface area contributed by atoms with E-state index in [1.54, 1.807) is 6.34 Å². The van der Waals surface area contributed by atoms with Crippen LogP contribution in [0.4, 0.5) is 0 Å². The second-order valence-electron chi connectivity index (χ2n) is 3.72. The van der Waals surface area contributed by atoms with Crippen LogP contribution in [0.1, 0.15) is 37.7 Å². The van der Waals surface area contributed by atoms with Gasteiger partial charge in [0.25, 0.3) is 0 Å². The Labute approximate surface area is 95.5 Å². The Morgan fingerprint density at radius 1 is 1.19 bits per heavy atom. The summed E-state index contributed by atoms with van der Waals surface area (Å²) in [5.74, 6) is 0.781. The summed E-state index contributed by atoms with van der Waals surface area (Å²) in [7, 11) is 0. The highest BCUT2D eigenvalue weighted by atomic mass is 15.0. The molecule has 1 aliphatic heterocycles. The molecular weight excluding hydrogens is 200 g/mol. The summed E-state index contributed by atoms with van der Waals surface area (Å²) in [5.41, 5.74) is 2.37. The molecule has 1 aromatic rings. The van der Waals surface area contributed by atoms with Gasteiger partial charge < -0.3 is 5.32 Å². The maximum atomic E-state index is 4.38. The van der Waals surface area contributed by atoms with Crippen LogP contribution in [0, 0.1) is 0 Å².